The number of hydrogen-bond donors (Lipinski definition) is 8. The number of nitrogens with two attached hydrogens (primary N) is 1. The highest BCUT2D eigenvalue weighted by Crippen LogP contribution is 2.67. The molecule has 0 radical (unpaired) electrons. The number of nitrogens with zero attached hydrogens (tertiary/aromatic N) is 3. The molecule has 2 aromatic heterocycles. The fraction of sp³-hybridized carbons (Fsp3) is 0.364. The van der Waals surface area contributed by atoms with Gasteiger partial charge in [-0.3, -0.25) is 13.9 Å². The molecule has 0 aliphatic carbocycles. The molecule has 0 aliphatic rings. The predicted molar refractivity (Wildman–Crippen MR) is 89.2 cm³/mol. The van der Waals surface area contributed by atoms with Gasteiger partial charge in [-0.1, -0.05) is 0 Å². The Labute approximate surface area is 152 Å². The first-order valence-electron chi connectivity index (χ1n) is 7.03. The Kier molecular flexibility index (Phi) is 7.60. The summed E-state index contributed by atoms with van der Waals surface area (Å²) in [6, 6.07) is -0.851. The van der Waals surface area contributed by atoms with Gasteiger partial charge in [-0.25, -0.2) is 9.97 Å². The lowest BCUT2D eigenvalue weighted by Crippen LogP contribution is -2.33. The molecule has 1 atom stereocenters. The Morgan fingerprint density at radius 3 is 2.22 bits per heavy atom. The number of aliphatic carboxylic acids is 1. The van der Waals surface area contributed by atoms with Crippen LogP contribution in [0.1, 0.15) is 5.69 Å². The highest BCUT2D eigenvalue weighted by Gasteiger charge is 2.59. The Bertz CT molecular complexity index is 791. The molecular weight excluding hydrogens is 408 g/mol. The van der Waals surface area contributed by atoms with E-state index in [9.17, 15) is 19.0 Å². The number of nitrogens with one attached hydrogen (secondary N) is 1. The number of hydrogen-bond acceptors (Lipinski definition) is 7. The number of carboxylic acids is 1. The van der Waals surface area contributed by atoms with Crippen LogP contribution in [0, 0.1) is 0 Å². The number of H-pyrrole nitrogens is 1. The summed E-state index contributed by atoms with van der Waals surface area (Å²) < 4.78 is 22.8. The van der Waals surface area contributed by atoms with Crippen LogP contribution < -0.4 is 5.73 Å². The highest BCUT2D eigenvalue weighted by atomic mass is 31.2. The van der Waals surface area contributed by atoms with E-state index in [4.69, 9.17) is 30.4 Å². The van der Waals surface area contributed by atoms with Crippen LogP contribution in [0.5, 0.6) is 0 Å². The summed E-state index contributed by atoms with van der Waals surface area (Å²) in [5.41, 5.74) is 6.00. The summed E-state index contributed by atoms with van der Waals surface area (Å²) in [7, 11) is -10.8. The van der Waals surface area contributed by atoms with E-state index in [1.165, 1.54) is 18.7 Å². The summed E-state index contributed by atoms with van der Waals surface area (Å²) in [6.07, 6.45) is 6.84. The molecule has 0 aromatic carbocycles. The Morgan fingerprint density at radius 2 is 1.85 bits per heavy atom. The molecule has 16 heteroatoms. The molecule has 0 amide bonds. The molecule has 9 N–H and O–H groups in total. The van der Waals surface area contributed by atoms with Crippen LogP contribution in [-0.2, 0) is 26.9 Å². The molecule has 0 fully saturated rings. The molecule has 14 nitrogen and oxygen atoms in total. The quantitative estimate of drug-likeness (QED) is 0.229. The molecule has 0 saturated heterocycles. The number of imidazole rings is 2. The standard InChI is InChI=1S/C6H9N3O2.C5H10N2O7P2/c7-5(6(10)11)1-4-2-8-3-9-4;8-5(15(9,10)11,16(12,13)14)3-7-2-1-6-4-7/h2-3,5H,1,7H2,(H,8,9)(H,10,11);1-2,4,8H,3H2,(H2,9,10,11)(H2,12,13,14)/t5-;/m0./s1. The first-order chi connectivity index (χ1) is 12.3. The van der Waals surface area contributed by atoms with Gasteiger partial charge in [0.15, 0.2) is 0 Å². The summed E-state index contributed by atoms with van der Waals surface area (Å²) in [5, 5.41) is 14.5. The van der Waals surface area contributed by atoms with Gasteiger partial charge in [-0.2, -0.15) is 0 Å². The van der Waals surface area contributed by atoms with Crippen molar-refractivity contribution in [1.82, 2.24) is 19.5 Å². The average Bonchev–Trinajstić information content (AvgIpc) is 3.19. The number of carbonyl (C=O) groups is 1. The summed E-state index contributed by atoms with van der Waals surface area (Å²) >= 11 is 0. The first kappa shape index (κ1) is 23.1. The van der Waals surface area contributed by atoms with E-state index >= 15 is 0 Å². The molecular formula is C11H19N5O9P2. The van der Waals surface area contributed by atoms with Crippen LogP contribution in [-0.4, -0.2) is 66.4 Å². The van der Waals surface area contributed by atoms with Gasteiger partial charge in [0.05, 0.1) is 19.2 Å². The van der Waals surface area contributed by atoms with E-state index in [1.54, 1.807) is 6.20 Å². The molecule has 0 saturated carbocycles. The summed E-state index contributed by atoms with van der Waals surface area (Å²) in [4.78, 5) is 55.5. The minimum atomic E-state index is -5.41. The van der Waals surface area contributed by atoms with Crippen molar-refractivity contribution < 1.29 is 43.7 Å². The average molecular weight is 427 g/mol. The lowest BCUT2D eigenvalue weighted by molar-refractivity contribution is -0.138. The second-order valence-electron chi connectivity index (χ2n) is 5.32. The normalized spacial score (nSPS) is 13.6. The van der Waals surface area contributed by atoms with E-state index in [-0.39, 0.29) is 6.42 Å². The first-order valence-corrected chi connectivity index (χ1v) is 10.3. The smallest absolute Gasteiger partial charge is 0.371 e. The van der Waals surface area contributed by atoms with Crippen molar-refractivity contribution in [3.8, 4) is 0 Å². The van der Waals surface area contributed by atoms with Crippen molar-refractivity contribution in [3.63, 3.8) is 0 Å². The second kappa shape index (κ2) is 8.87. The SMILES string of the molecule is N[C@@H](Cc1cnc[nH]1)C(=O)O.O=P(O)(O)C(O)(Cn1ccnc1)P(=O)(O)O. The zero-order valence-corrected chi connectivity index (χ0v) is 15.4. The largest absolute Gasteiger partial charge is 0.480 e. The van der Waals surface area contributed by atoms with E-state index in [0.29, 0.717) is 0 Å². The number of rotatable bonds is 7. The van der Waals surface area contributed by atoms with Crippen LogP contribution in [0.15, 0.2) is 31.2 Å². The van der Waals surface area contributed by atoms with Crippen LogP contribution >= 0.6 is 15.2 Å². The lowest BCUT2D eigenvalue weighted by Gasteiger charge is -2.29. The van der Waals surface area contributed by atoms with Gasteiger partial charge in [-0.15, -0.1) is 0 Å². The van der Waals surface area contributed by atoms with Crippen LogP contribution in [0.25, 0.3) is 0 Å². The van der Waals surface area contributed by atoms with Crippen molar-refractivity contribution in [2.45, 2.75) is 24.1 Å². The number of aromatic amines is 1. The zero-order valence-electron chi connectivity index (χ0n) is 13.6. The van der Waals surface area contributed by atoms with Gasteiger partial charge in [0.25, 0.3) is 5.08 Å². The van der Waals surface area contributed by atoms with Crippen LogP contribution in [0.2, 0.25) is 0 Å². The van der Waals surface area contributed by atoms with E-state index in [2.05, 4.69) is 15.0 Å². The minimum Gasteiger partial charge on any atom is -0.480 e. The number of aromatic nitrogens is 4. The fourth-order valence-electron chi connectivity index (χ4n) is 1.70. The Hall–Kier alpha value is -1.89. The van der Waals surface area contributed by atoms with E-state index in [0.717, 1.165) is 16.6 Å². The maximum atomic E-state index is 10.9. The van der Waals surface area contributed by atoms with E-state index < -0.39 is 38.8 Å². The summed E-state index contributed by atoms with van der Waals surface area (Å²) in [6.45, 7) is -0.957. The lowest BCUT2D eigenvalue weighted by atomic mass is 10.2. The van der Waals surface area contributed by atoms with Gasteiger partial charge in [-0.05, 0) is 0 Å². The molecule has 2 aromatic rings. The predicted octanol–water partition coefficient (Wildman–Crippen LogP) is -1.75. The maximum absolute atomic E-state index is 10.9. The molecule has 0 unspecified atom stereocenters. The zero-order chi connectivity index (χ0) is 20.9. The van der Waals surface area contributed by atoms with Gasteiger partial charge in [0.2, 0.25) is 0 Å². The van der Waals surface area contributed by atoms with Crippen molar-refractivity contribution >= 4 is 21.2 Å². The Balaban J connectivity index is 0.000000289. The third-order valence-corrected chi connectivity index (χ3v) is 6.91. The van der Waals surface area contributed by atoms with Gasteiger partial charge >= 0.3 is 21.2 Å². The fourth-order valence-corrected chi connectivity index (χ4v) is 3.75. The molecule has 152 valence electrons. The third kappa shape index (κ3) is 6.34. The molecule has 0 spiro atoms. The maximum Gasteiger partial charge on any atom is 0.371 e. The van der Waals surface area contributed by atoms with Crippen LogP contribution in [0.4, 0.5) is 0 Å². The van der Waals surface area contributed by atoms with Gasteiger partial charge in [0.1, 0.15) is 6.04 Å². The molecule has 27 heavy (non-hydrogen) atoms. The van der Waals surface area contributed by atoms with Crippen molar-refractivity contribution in [2.75, 3.05) is 0 Å². The van der Waals surface area contributed by atoms with Gasteiger partial charge < -0.3 is 45.1 Å². The van der Waals surface area contributed by atoms with Crippen molar-refractivity contribution in [1.29, 1.82) is 0 Å². The summed E-state index contributed by atoms with van der Waals surface area (Å²) in [5.74, 6) is -1.00. The number of aliphatic hydroxyl groups is 1. The van der Waals surface area contributed by atoms with Crippen molar-refractivity contribution in [3.05, 3.63) is 36.9 Å². The van der Waals surface area contributed by atoms with Gasteiger partial charge in [0, 0.05) is 30.7 Å². The second-order valence-corrected chi connectivity index (χ2v) is 9.33. The van der Waals surface area contributed by atoms with Crippen LogP contribution in [0.3, 0.4) is 0 Å². The Morgan fingerprint density at radius 1 is 1.26 bits per heavy atom. The monoisotopic (exact) mass is 427 g/mol. The third-order valence-electron chi connectivity index (χ3n) is 3.20. The molecule has 2 heterocycles. The molecule has 0 aliphatic heterocycles. The van der Waals surface area contributed by atoms with Crippen molar-refractivity contribution in [2.24, 2.45) is 5.73 Å². The molecule has 0 bridgehead atoms. The van der Waals surface area contributed by atoms with E-state index in [1.807, 2.05) is 0 Å². The highest BCUT2D eigenvalue weighted by molar-refractivity contribution is 7.72. The minimum absolute atomic E-state index is 0.287. The number of carboxylic acid groups (broad SMARTS) is 1. The molecule has 2 rings (SSSR count). The topological polar surface area (TPSA) is 245 Å².